The van der Waals surface area contributed by atoms with Crippen LogP contribution in [0, 0.1) is 4.91 Å². The first kappa shape index (κ1) is 14.7. The monoisotopic (exact) mass is 295 g/mol. The van der Waals surface area contributed by atoms with Crippen molar-refractivity contribution in [3.05, 3.63) is 70.6 Å². The van der Waals surface area contributed by atoms with Crippen molar-refractivity contribution >= 4 is 5.69 Å². The Morgan fingerprint density at radius 2 is 1.45 bits per heavy atom. The number of hydrogen-bond donors (Lipinski definition) is 0. The van der Waals surface area contributed by atoms with Gasteiger partial charge >= 0.3 is 0 Å². The van der Waals surface area contributed by atoms with Crippen LogP contribution in [0.1, 0.15) is 17.2 Å². The van der Waals surface area contributed by atoms with Crippen molar-refractivity contribution in [1.29, 1.82) is 0 Å². The van der Waals surface area contributed by atoms with E-state index in [0.29, 0.717) is 0 Å². The van der Waals surface area contributed by atoms with Crippen molar-refractivity contribution in [1.82, 2.24) is 4.90 Å². The summed E-state index contributed by atoms with van der Waals surface area (Å²) in [7, 11) is 2.15. The van der Waals surface area contributed by atoms with Crippen LogP contribution in [-0.2, 0) is 0 Å². The Morgan fingerprint density at radius 1 is 0.864 bits per heavy atom. The van der Waals surface area contributed by atoms with Crippen molar-refractivity contribution in [2.45, 2.75) is 6.04 Å². The average Bonchev–Trinajstić information content (AvgIpc) is 2.58. The number of nitroso groups, excluding NO2 is 1. The van der Waals surface area contributed by atoms with Crippen LogP contribution in [0.3, 0.4) is 0 Å². The number of likely N-dealkylation sites (N-methyl/N-ethyl adjacent to an activating group) is 1. The minimum absolute atomic E-state index is 0.428. The number of benzene rings is 2. The molecule has 1 unspecified atom stereocenters. The van der Waals surface area contributed by atoms with E-state index in [9.17, 15) is 4.91 Å². The molecule has 0 spiro atoms. The van der Waals surface area contributed by atoms with Gasteiger partial charge in [-0.3, -0.25) is 0 Å². The number of hydrogen-bond acceptors (Lipinski definition) is 4. The third-order valence-corrected chi connectivity index (χ3v) is 4.30. The van der Waals surface area contributed by atoms with Crippen LogP contribution in [0.2, 0.25) is 0 Å². The molecule has 1 fully saturated rings. The SMILES string of the molecule is CN1CCN(c2ccc(C(N=O)c3ccccc3)cc2)CC1. The lowest BCUT2D eigenvalue weighted by atomic mass is 9.99. The van der Waals surface area contributed by atoms with Crippen LogP contribution in [0.5, 0.6) is 0 Å². The van der Waals surface area contributed by atoms with Gasteiger partial charge in [-0.25, -0.2) is 0 Å². The molecule has 0 bridgehead atoms. The molecule has 3 rings (SSSR count). The molecule has 22 heavy (non-hydrogen) atoms. The quantitative estimate of drug-likeness (QED) is 0.812. The minimum Gasteiger partial charge on any atom is -0.369 e. The first-order valence-corrected chi connectivity index (χ1v) is 7.69. The third kappa shape index (κ3) is 3.17. The topological polar surface area (TPSA) is 35.9 Å². The Hall–Kier alpha value is -2.20. The summed E-state index contributed by atoms with van der Waals surface area (Å²) in [6, 6.07) is 17.5. The van der Waals surface area contributed by atoms with Gasteiger partial charge in [0.25, 0.3) is 0 Å². The van der Waals surface area contributed by atoms with Gasteiger partial charge in [-0.2, -0.15) is 0 Å². The second kappa shape index (κ2) is 6.71. The van der Waals surface area contributed by atoms with Gasteiger partial charge < -0.3 is 9.80 Å². The number of rotatable bonds is 4. The van der Waals surface area contributed by atoms with Gasteiger partial charge in [-0.1, -0.05) is 47.6 Å². The van der Waals surface area contributed by atoms with Gasteiger partial charge in [-0.05, 0) is 30.3 Å². The van der Waals surface area contributed by atoms with E-state index in [2.05, 4.69) is 34.2 Å². The zero-order valence-electron chi connectivity index (χ0n) is 12.9. The van der Waals surface area contributed by atoms with E-state index in [4.69, 9.17) is 0 Å². The first-order chi connectivity index (χ1) is 10.8. The van der Waals surface area contributed by atoms with Crippen molar-refractivity contribution in [2.24, 2.45) is 5.18 Å². The maximum atomic E-state index is 11.3. The van der Waals surface area contributed by atoms with Crippen LogP contribution in [0.15, 0.2) is 59.8 Å². The molecule has 1 aliphatic rings. The Labute approximate surface area is 131 Å². The Balaban J connectivity index is 1.77. The van der Waals surface area contributed by atoms with Crippen molar-refractivity contribution in [3.8, 4) is 0 Å². The zero-order valence-corrected chi connectivity index (χ0v) is 12.9. The number of anilines is 1. The van der Waals surface area contributed by atoms with Gasteiger partial charge in [-0.15, -0.1) is 4.91 Å². The first-order valence-electron chi connectivity index (χ1n) is 7.69. The van der Waals surface area contributed by atoms with E-state index < -0.39 is 6.04 Å². The lowest BCUT2D eigenvalue weighted by Gasteiger charge is -2.34. The number of nitrogens with zero attached hydrogens (tertiary/aromatic N) is 3. The molecule has 2 aromatic carbocycles. The Kier molecular flexibility index (Phi) is 4.49. The maximum Gasteiger partial charge on any atom is 0.142 e. The molecule has 0 N–H and O–H groups in total. The van der Waals surface area contributed by atoms with Crippen LogP contribution in [0.25, 0.3) is 0 Å². The molecule has 0 saturated carbocycles. The molecule has 1 heterocycles. The fourth-order valence-electron chi connectivity index (χ4n) is 2.88. The van der Waals surface area contributed by atoms with Crippen LogP contribution in [-0.4, -0.2) is 38.1 Å². The standard InChI is InChI=1S/C18H21N3O/c1-20-11-13-21(14-12-20)17-9-7-16(8-10-17)18(19-22)15-5-3-2-4-6-15/h2-10,18H,11-14H2,1H3. The molecule has 0 amide bonds. The molecule has 0 aromatic heterocycles. The summed E-state index contributed by atoms with van der Waals surface area (Å²) in [6.45, 7) is 4.27. The largest absolute Gasteiger partial charge is 0.369 e. The molecule has 1 atom stereocenters. The summed E-state index contributed by atoms with van der Waals surface area (Å²) in [4.78, 5) is 16.0. The van der Waals surface area contributed by atoms with Crippen LogP contribution in [0.4, 0.5) is 5.69 Å². The fraction of sp³-hybridized carbons (Fsp3) is 0.333. The molecule has 0 aliphatic carbocycles. The third-order valence-electron chi connectivity index (χ3n) is 4.30. The van der Waals surface area contributed by atoms with E-state index >= 15 is 0 Å². The van der Waals surface area contributed by atoms with Crippen molar-refractivity contribution in [3.63, 3.8) is 0 Å². The second-order valence-corrected chi connectivity index (χ2v) is 5.80. The predicted molar refractivity (Wildman–Crippen MR) is 90.2 cm³/mol. The number of piperazine rings is 1. The highest BCUT2D eigenvalue weighted by Crippen LogP contribution is 2.27. The van der Waals surface area contributed by atoms with Crippen LogP contribution >= 0.6 is 0 Å². The average molecular weight is 295 g/mol. The Bertz CT molecular complexity index is 604. The maximum absolute atomic E-state index is 11.3. The zero-order chi connectivity index (χ0) is 15.4. The smallest absolute Gasteiger partial charge is 0.142 e. The van der Waals surface area contributed by atoms with Crippen molar-refractivity contribution in [2.75, 3.05) is 38.1 Å². The molecule has 0 radical (unpaired) electrons. The molecule has 1 aliphatic heterocycles. The van der Waals surface area contributed by atoms with E-state index in [1.54, 1.807) is 0 Å². The summed E-state index contributed by atoms with van der Waals surface area (Å²) >= 11 is 0. The lowest BCUT2D eigenvalue weighted by molar-refractivity contribution is 0.313. The van der Waals surface area contributed by atoms with E-state index in [1.807, 2.05) is 42.5 Å². The van der Waals surface area contributed by atoms with E-state index in [0.717, 1.165) is 37.3 Å². The summed E-state index contributed by atoms with van der Waals surface area (Å²) in [5.41, 5.74) is 3.10. The van der Waals surface area contributed by atoms with E-state index in [1.165, 1.54) is 5.69 Å². The lowest BCUT2D eigenvalue weighted by Crippen LogP contribution is -2.44. The predicted octanol–water partition coefficient (Wildman–Crippen LogP) is 3.29. The molecule has 4 heteroatoms. The van der Waals surface area contributed by atoms with Gasteiger partial charge in [0, 0.05) is 31.9 Å². The highest BCUT2D eigenvalue weighted by Gasteiger charge is 2.17. The second-order valence-electron chi connectivity index (χ2n) is 5.80. The Morgan fingerprint density at radius 3 is 2.05 bits per heavy atom. The molecule has 114 valence electrons. The normalized spacial score (nSPS) is 17.2. The van der Waals surface area contributed by atoms with E-state index in [-0.39, 0.29) is 0 Å². The fourth-order valence-corrected chi connectivity index (χ4v) is 2.88. The van der Waals surface area contributed by atoms with Gasteiger partial charge in [0.1, 0.15) is 6.04 Å². The summed E-state index contributed by atoms with van der Waals surface area (Å²) in [6.07, 6.45) is 0. The highest BCUT2D eigenvalue weighted by molar-refractivity contribution is 5.49. The van der Waals surface area contributed by atoms with Crippen molar-refractivity contribution < 1.29 is 0 Å². The molecule has 4 nitrogen and oxygen atoms in total. The van der Waals surface area contributed by atoms with Crippen LogP contribution < -0.4 is 4.90 Å². The van der Waals surface area contributed by atoms with Gasteiger partial charge in [0.15, 0.2) is 0 Å². The molecular formula is C18H21N3O. The van der Waals surface area contributed by atoms with Gasteiger partial charge in [0.2, 0.25) is 0 Å². The summed E-state index contributed by atoms with van der Waals surface area (Å²) in [5, 5.41) is 3.31. The summed E-state index contributed by atoms with van der Waals surface area (Å²) < 4.78 is 0. The minimum atomic E-state index is -0.428. The summed E-state index contributed by atoms with van der Waals surface area (Å²) in [5.74, 6) is 0. The highest BCUT2D eigenvalue weighted by atomic mass is 16.3. The van der Waals surface area contributed by atoms with Gasteiger partial charge in [0.05, 0.1) is 0 Å². The molecule has 2 aromatic rings. The molecule has 1 saturated heterocycles. The molecular weight excluding hydrogens is 274 g/mol.